The molecule has 2 rings (SSSR count). The van der Waals surface area contributed by atoms with Gasteiger partial charge in [-0.1, -0.05) is 20.8 Å². The zero-order valence-electron chi connectivity index (χ0n) is 13.5. The van der Waals surface area contributed by atoms with Crippen LogP contribution in [0.2, 0.25) is 0 Å². The van der Waals surface area contributed by atoms with Crippen LogP contribution in [0.3, 0.4) is 0 Å². The van der Waals surface area contributed by atoms with Crippen molar-refractivity contribution in [1.29, 1.82) is 0 Å². The van der Waals surface area contributed by atoms with Gasteiger partial charge in [0.05, 0.1) is 0 Å². The first kappa shape index (κ1) is 15.1. The fourth-order valence-electron chi connectivity index (χ4n) is 2.63. The number of nitrogens with one attached hydrogen (secondary N) is 1. The minimum Gasteiger partial charge on any atom is -0.370 e. The fourth-order valence-corrected chi connectivity index (χ4v) is 2.63. The molecule has 0 amide bonds. The molecule has 1 aliphatic rings. The topological polar surface area (TPSA) is 41.0 Å². The maximum Gasteiger partial charge on any atom is 0.138 e. The van der Waals surface area contributed by atoms with E-state index in [1.807, 2.05) is 0 Å². The Morgan fingerprint density at radius 2 is 2.05 bits per heavy atom. The zero-order valence-corrected chi connectivity index (χ0v) is 13.5. The van der Waals surface area contributed by atoms with Crippen molar-refractivity contribution in [3.63, 3.8) is 0 Å². The lowest BCUT2D eigenvalue weighted by Crippen LogP contribution is -2.38. The van der Waals surface area contributed by atoms with Crippen LogP contribution < -0.4 is 10.2 Å². The Kier molecular flexibility index (Phi) is 4.51. The highest BCUT2D eigenvalue weighted by molar-refractivity contribution is 5.50. The largest absolute Gasteiger partial charge is 0.370 e. The first-order valence-corrected chi connectivity index (χ1v) is 7.82. The molecule has 4 nitrogen and oxygen atoms in total. The maximum absolute atomic E-state index is 4.84. The molecule has 1 unspecified atom stereocenters. The van der Waals surface area contributed by atoms with E-state index in [-0.39, 0.29) is 5.41 Å². The lowest BCUT2D eigenvalue weighted by atomic mass is 9.95. The van der Waals surface area contributed by atoms with Crippen molar-refractivity contribution in [2.24, 2.45) is 0 Å². The second kappa shape index (κ2) is 5.98. The third kappa shape index (κ3) is 3.41. The summed E-state index contributed by atoms with van der Waals surface area (Å²) in [4.78, 5) is 11.9. The number of anilines is 2. The Morgan fingerprint density at radius 1 is 1.30 bits per heavy atom. The van der Waals surface area contributed by atoms with E-state index in [1.165, 1.54) is 19.3 Å². The minimum atomic E-state index is -0.0286. The van der Waals surface area contributed by atoms with Gasteiger partial charge in [0.2, 0.25) is 0 Å². The summed E-state index contributed by atoms with van der Waals surface area (Å²) >= 11 is 0. The molecule has 20 heavy (non-hydrogen) atoms. The summed E-state index contributed by atoms with van der Waals surface area (Å²) < 4.78 is 0. The van der Waals surface area contributed by atoms with Crippen LogP contribution in [0.1, 0.15) is 59.7 Å². The van der Waals surface area contributed by atoms with E-state index < -0.39 is 0 Å². The second-order valence-corrected chi connectivity index (χ2v) is 6.75. The van der Waals surface area contributed by atoms with Gasteiger partial charge in [0.25, 0.3) is 0 Å². The third-order valence-corrected chi connectivity index (χ3v) is 3.84. The standard InChI is InChI=1S/C16H28N4/c1-6-17-13-11-14(19-15(18-13)16(3,4)5)20-10-8-7-9-12(20)2/h11-12H,6-10H2,1-5H3,(H,17,18,19). The molecule has 4 heteroatoms. The third-order valence-electron chi connectivity index (χ3n) is 3.84. The first-order valence-electron chi connectivity index (χ1n) is 7.82. The van der Waals surface area contributed by atoms with Crippen molar-refractivity contribution in [3.05, 3.63) is 11.9 Å². The molecule has 1 atom stereocenters. The number of aromatic nitrogens is 2. The van der Waals surface area contributed by atoms with E-state index in [2.05, 4.69) is 55.9 Å². The molecule has 112 valence electrons. The quantitative estimate of drug-likeness (QED) is 0.916. The van der Waals surface area contributed by atoms with Gasteiger partial charge in [0.1, 0.15) is 17.5 Å². The van der Waals surface area contributed by atoms with Gasteiger partial charge in [0.15, 0.2) is 0 Å². The summed E-state index contributed by atoms with van der Waals surface area (Å²) in [5.74, 6) is 2.94. The highest BCUT2D eigenvalue weighted by atomic mass is 15.2. The molecule has 1 fully saturated rings. The molecule has 1 aliphatic heterocycles. The van der Waals surface area contributed by atoms with Gasteiger partial charge in [-0.3, -0.25) is 0 Å². The fraction of sp³-hybridized carbons (Fsp3) is 0.750. The Bertz CT molecular complexity index is 450. The minimum absolute atomic E-state index is 0.0286. The van der Waals surface area contributed by atoms with Crippen LogP contribution in [-0.4, -0.2) is 29.1 Å². The van der Waals surface area contributed by atoms with Gasteiger partial charge in [-0.2, -0.15) is 0 Å². The highest BCUT2D eigenvalue weighted by Crippen LogP contribution is 2.28. The van der Waals surface area contributed by atoms with E-state index >= 15 is 0 Å². The van der Waals surface area contributed by atoms with Crippen molar-refractivity contribution >= 4 is 11.6 Å². The van der Waals surface area contributed by atoms with Crippen LogP contribution >= 0.6 is 0 Å². The Labute approximate surface area is 123 Å². The molecule has 1 aromatic rings. The Hall–Kier alpha value is -1.32. The van der Waals surface area contributed by atoms with Crippen LogP contribution in [0.5, 0.6) is 0 Å². The van der Waals surface area contributed by atoms with Gasteiger partial charge in [-0.25, -0.2) is 9.97 Å². The Balaban J connectivity index is 2.38. The second-order valence-electron chi connectivity index (χ2n) is 6.75. The molecule has 1 aromatic heterocycles. The van der Waals surface area contributed by atoms with Crippen LogP contribution in [0.25, 0.3) is 0 Å². The van der Waals surface area contributed by atoms with Gasteiger partial charge in [-0.15, -0.1) is 0 Å². The van der Waals surface area contributed by atoms with E-state index in [0.29, 0.717) is 6.04 Å². The normalized spacial score (nSPS) is 20.1. The number of rotatable bonds is 3. The van der Waals surface area contributed by atoms with Gasteiger partial charge >= 0.3 is 0 Å². The molecule has 0 radical (unpaired) electrons. The molecule has 1 N–H and O–H groups in total. The van der Waals surface area contributed by atoms with Crippen molar-refractivity contribution in [1.82, 2.24) is 9.97 Å². The van der Waals surface area contributed by atoms with Crippen molar-refractivity contribution in [2.45, 2.75) is 65.3 Å². The number of hydrogen-bond acceptors (Lipinski definition) is 4. The number of hydrogen-bond donors (Lipinski definition) is 1. The summed E-state index contributed by atoms with van der Waals surface area (Å²) in [5, 5.41) is 3.34. The van der Waals surface area contributed by atoms with E-state index in [9.17, 15) is 0 Å². The van der Waals surface area contributed by atoms with E-state index in [1.54, 1.807) is 0 Å². The molecule has 1 saturated heterocycles. The lowest BCUT2D eigenvalue weighted by molar-refractivity contribution is 0.476. The monoisotopic (exact) mass is 276 g/mol. The van der Waals surface area contributed by atoms with E-state index in [4.69, 9.17) is 4.98 Å². The zero-order chi connectivity index (χ0) is 14.8. The summed E-state index contributed by atoms with van der Waals surface area (Å²) in [6.45, 7) is 12.9. The van der Waals surface area contributed by atoms with Gasteiger partial charge in [0, 0.05) is 30.6 Å². The molecular weight excluding hydrogens is 248 g/mol. The van der Waals surface area contributed by atoms with Crippen molar-refractivity contribution in [2.75, 3.05) is 23.3 Å². The van der Waals surface area contributed by atoms with Gasteiger partial charge in [-0.05, 0) is 33.1 Å². The van der Waals surface area contributed by atoms with E-state index in [0.717, 1.165) is 30.5 Å². The van der Waals surface area contributed by atoms with Crippen LogP contribution in [-0.2, 0) is 5.41 Å². The molecule has 0 aliphatic carbocycles. The predicted octanol–water partition coefficient (Wildman–Crippen LogP) is 3.58. The Morgan fingerprint density at radius 3 is 2.65 bits per heavy atom. The summed E-state index contributed by atoms with van der Waals surface area (Å²) in [6.07, 6.45) is 3.84. The molecular formula is C16H28N4. The smallest absolute Gasteiger partial charge is 0.138 e. The van der Waals surface area contributed by atoms with Gasteiger partial charge < -0.3 is 10.2 Å². The number of piperidine rings is 1. The molecule has 0 aromatic carbocycles. The van der Waals surface area contributed by atoms with Crippen molar-refractivity contribution < 1.29 is 0 Å². The van der Waals surface area contributed by atoms with Crippen LogP contribution in [0, 0.1) is 0 Å². The molecule has 2 heterocycles. The first-order chi connectivity index (χ1) is 9.41. The summed E-state index contributed by atoms with van der Waals surface area (Å²) in [6, 6.07) is 2.67. The average Bonchev–Trinajstić information content (AvgIpc) is 2.38. The number of nitrogens with zero attached hydrogens (tertiary/aromatic N) is 3. The average molecular weight is 276 g/mol. The van der Waals surface area contributed by atoms with Crippen LogP contribution in [0.4, 0.5) is 11.6 Å². The summed E-state index contributed by atoms with van der Waals surface area (Å²) in [7, 11) is 0. The van der Waals surface area contributed by atoms with Crippen LogP contribution in [0.15, 0.2) is 6.07 Å². The predicted molar refractivity (Wildman–Crippen MR) is 85.6 cm³/mol. The van der Waals surface area contributed by atoms with Crippen molar-refractivity contribution in [3.8, 4) is 0 Å². The molecule has 0 saturated carbocycles. The molecule has 0 bridgehead atoms. The highest BCUT2D eigenvalue weighted by Gasteiger charge is 2.24. The summed E-state index contributed by atoms with van der Waals surface area (Å²) in [5.41, 5.74) is -0.0286. The SMILES string of the molecule is CCNc1cc(N2CCCCC2C)nc(C(C)(C)C)n1. The molecule has 0 spiro atoms. The lowest BCUT2D eigenvalue weighted by Gasteiger charge is -2.35. The maximum atomic E-state index is 4.84.